The highest BCUT2D eigenvalue weighted by molar-refractivity contribution is 5.51. The molecule has 1 atom stereocenters. The maximum absolute atomic E-state index is 10.3. The lowest BCUT2D eigenvalue weighted by Gasteiger charge is -2.17. The van der Waals surface area contributed by atoms with Gasteiger partial charge in [-0.05, 0) is 12.5 Å². The van der Waals surface area contributed by atoms with Crippen molar-refractivity contribution in [2.45, 2.75) is 38.7 Å². The third-order valence-electron chi connectivity index (χ3n) is 3.18. The standard InChI is InChI=1S/C15H24O4/c1-5-6-7-8-12(16)11-9-14(18-3)15(19-4)10-13(11)17-2/h9-10,12,16H,5-8H2,1-4H3. The van der Waals surface area contributed by atoms with E-state index >= 15 is 0 Å². The number of hydrogen-bond donors (Lipinski definition) is 1. The molecule has 0 aliphatic heterocycles. The molecule has 0 heterocycles. The molecule has 1 aromatic carbocycles. The Morgan fingerprint density at radius 1 is 0.947 bits per heavy atom. The van der Waals surface area contributed by atoms with Gasteiger partial charge in [-0.2, -0.15) is 0 Å². The van der Waals surface area contributed by atoms with Crippen molar-refractivity contribution >= 4 is 0 Å². The summed E-state index contributed by atoms with van der Waals surface area (Å²) in [6, 6.07) is 3.53. The first-order valence-corrected chi connectivity index (χ1v) is 6.65. The molecular formula is C15H24O4. The number of benzene rings is 1. The Bertz CT molecular complexity index is 390. The van der Waals surface area contributed by atoms with E-state index < -0.39 is 6.10 Å². The van der Waals surface area contributed by atoms with Crippen LogP contribution in [0.2, 0.25) is 0 Å². The summed E-state index contributed by atoms with van der Waals surface area (Å²) >= 11 is 0. The van der Waals surface area contributed by atoms with Gasteiger partial charge in [-0.15, -0.1) is 0 Å². The summed E-state index contributed by atoms with van der Waals surface area (Å²) < 4.78 is 15.8. The second-order valence-corrected chi connectivity index (χ2v) is 4.46. The van der Waals surface area contributed by atoms with E-state index in [-0.39, 0.29) is 0 Å². The summed E-state index contributed by atoms with van der Waals surface area (Å²) in [6.45, 7) is 2.14. The molecule has 1 unspecified atom stereocenters. The van der Waals surface area contributed by atoms with Crippen molar-refractivity contribution in [1.82, 2.24) is 0 Å². The quantitative estimate of drug-likeness (QED) is 0.735. The highest BCUT2D eigenvalue weighted by Gasteiger charge is 2.17. The molecule has 0 spiro atoms. The van der Waals surface area contributed by atoms with E-state index in [2.05, 4.69) is 6.92 Å². The number of rotatable bonds is 8. The van der Waals surface area contributed by atoms with Gasteiger partial charge in [-0.3, -0.25) is 0 Å². The fourth-order valence-electron chi connectivity index (χ4n) is 2.06. The molecule has 0 bridgehead atoms. The average molecular weight is 268 g/mol. The first-order valence-electron chi connectivity index (χ1n) is 6.65. The van der Waals surface area contributed by atoms with Crippen LogP contribution >= 0.6 is 0 Å². The van der Waals surface area contributed by atoms with E-state index in [0.29, 0.717) is 17.2 Å². The second kappa shape index (κ2) is 7.89. The summed E-state index contributed by atoms with van der Waals surface area (Å²) in [7, 11) is 4.75. The number of ether oxygens (including phenoxy) is 3. The van der Waals surface area contributed by atoms with Crippen LogP contribution in [0.25, 0.3) is 0 Å². The summed E-state index contributed by atoms with van der Waals surface area (Å²) in [4.78, 5) is 0. The topological polar surface area (TPSA) is 47.9 Å². The maximum atomic E-state index is 10.3. The van der Waals surface area contributed by atoms with Gasteiger partial charge in [0.15, 0.2) is 11.5 Å². The van der Waals surface area contributed by atoms with Crippen LogP contribution in [0.15, 0.2) is 12.1 Å². The molecular weight excluding hydrogens is 244 g/mol. The van der Waals surface area contributed by atoms with Crippen LogP contribution in [-0.2, 0) is 0 Å². The third kappa shape index (κ3) is 4.03. The van der Waals surface area contributed by atoms with Crippen molar-refractivity contribution in [3.63, 3.8) is 0 Å². The maximum Gasteiger partial charge on any atom is 0.164 e. The fraction of sp³-hybridized carbons (Fsp3) is 0.600. The molecule has 0 aromatic heterocycles. The Balaban J connectivity index is 2.97. The summed E-state index contributed by atoms with van der Waals surface area (Å²) in [5, 5.41) is 10.3. The SMILES string of the molecule is CCCCCC(O)c1cc(OC)c(OC)cc1OC. The first kappa shape index (κ1) is 15.6. The van der Waals surface area contributed by atoms with Crippen molar-refractivity contribution in [2.75, 3.05) is 21.3 Å². The molecule has 0 aliphatic carbocycles. The van der Waals surface area contributed by atoms with Crippen LogP contribution in [0, 0.1) is 0 Å². The molecule has 4 nitrogen and oxygen atoms in total. The van der Waals surface area contributed by atoms with E-state index in [1.165, 1.54) is 0 Å². The molecule has 0 saturated heterocycles. The second-order valence-electron chi connectivity index (χ2n) is 4.46. The Morgan fingerprint density at radius 3 is 2.05 bits per heavy atom. The highest BCUT2D eigenvalue weighted by atomic mass is 16.5. The monoisotopic (exact) mass is 268 g/mol. The average Bonchev–Trinajstić information content (AvgIpc) is 2.45. The Labute approximate surface area is 115 Å². The summed E-state index contributed by atoms with van der Waals surface area (Å²) in [5.41, 5.74) is 0.747. The molecule has 0 radical (unpaired) electrons. The van der Waals surface area contributed by atoms with Gasteiger partial charge in [0.25, 0.3) is 0 Å². The van der Waals surface area contributed by atoms with E-state index in [9.17, 15) is 5.11 Å². The van der Waals surface area contributed by atoms with Gasteiger partial charge < -0.3 is 19.3 Å². The number of methoxy groups -OCH3 is 3. The van der Waals surface area contributed by atoms with Gasteiger partial charge in [0, 0.05) is 11.6 Å². The van der Waals surface area contributed by atoms with Crippen molar-refractivity contribution in [2.24, 2.45) is 0 Å². The van der Waals surface area contributed by atoms with Crippen molar-refractivity contribution in [1.29, 1.82) is 0 Å². The van der Waals surface area contributed by atoms with Crippen molar-refractivity contribution in [3.05, 3.63) is 17.7 Å². The van der Waals surface area contributed by atoms with Gasteiger partial charge >= 0.3 is 0 Å². The predicted molar refractivity (Wildman–Crippen MR) is 75.2 cm³/mol. The number of aliphatic hydroxyl groups excluding tert-OH is 1. The normalized spacial score (nSPS) is 12.1. The minimum absolute atomic E-state index is 0.540. The van der Waals surface area contributed by atoms with Gasteiger partial charge in [-0.25, -0.2) is 0 Å². The Hall–Kier alpha value is -1.42. The van der Waals surface area contributed by atoms with E-state index in [1.807, 2.05) is 0 Å². The lowest BCUT2D eigenvalue weighted by atomic mass is 10.0. The van der Waals surface area contributed by atoms with Crippen LogP contribution in [0.1, 0.15) is 44.3 Å². The smallest absolute Gasteiger partial charge is 0.164 e. The third-order valence-corrected chi connectivity index (χ3v) is 3.18. The Morgan fingerprint density at radius 2 is 1.53 bits per heavy atom. The zero-order chi connectivity index (χ0) is 14.3. The van der Waals surface area contributed by atoms with E-state index in [1.54, 1.807) is 33.5 Å². The molecule has 0 aliphatic rings. The van der Waals surface area contributed by atoms with E-state index in [0.717, 1.165) is 31.2 Å². The number of unbranched alkanes of at least 4 members (excludes halogenated alkanes) is 2. The molecule has 0 amide bonds. The van der Waals surface area contributed by atoms with Crippen molar-refractivity contribution < 1.29 is 19.3 Å². The molecule has 1 N–H and O–H groups in total. The summed E-state index contributed by atoms with van der Waals surface area (Å²) in [6.07, 6.45) is 3.43. The Kier molecular flexibility index (Phi) is 6.50. The molecule has 1 aromatic rings. The van der Waals surface area contributed by atoms with Gasteiger partial charge in [0.05, 0.1) is 27.4 Å². The lowest BCUT2D eigenvalue weighted by Crippen LogP contribution is -2.03. The van der Waals surface area contributed by atoms with Crippen molar-refractivity contribution in [3.8, 4) is 17.2 Å². The van der Waals surface area contributed by atoms with E-state index in [4.69, 9.17) is 14.2 Å². The number of aliphatic hydroxyl groups is 1. The molecule has 19 heavy (non-hydrogen) atoms. The lowest BCUT2D eigenvalue weighted by molar-refractivity contribution is 0.159. The van der Waals surface area contributed by atoms with Gasteiger partial charge in [0.2, 0.25) is 0 Å². The fourth-order valence-corrected chi connectivity index (χ4v) is 2.06. The highest BCUT2D eigenvalue weighted by Crippen LogP contribution is 2.38. The van der Waals surface area contributed by atoms with Crippen LogP contribution in [0.5, 0.6) is 17.2 Å². The van der Waals surface area contributed by atoms with Gasteiger partial charge in [0.1, 0.15) is 5.75 Å². The predicted octanol–water partition coefficient (Wildman–Crippen LogP) is 3.33. The molecule has 0 saturated carbocycles. The molecule has 1 rings (SSSR count). The minimum atomic E-state index is -0.540. The van der Waals surface area contributed by atoms with Gasteiger partial charge in [-0.1, -0.05) is 26.2 Å². The van der Waals surface area contributed by atoms with Crippen LogP contribution < -0.4 is 14.2 Å². The zero-order valence-electron chi connectivity index (χ0n) is 12.2. The molecule has 108 valence electrons. The van der Waals surface area contributed by atoms with Crippen LogP contribution in [0.4, 0.5) is 0 Å². The first-order chi connectivity index (χ1) is 9.17. The summed E-state index contributed by atoms with van der Waals surface area (Å²) in [5.74, 6) is 1.83. The zero-order valence-corrected chi connectivity index (χ0v) is 12.2. The van der Waals surface area contributed by atoms with Crippen LogP contribution in [-0.4, -0.2) is 26.4 Å². The van der Waals surface area contributed by atoms with Crippen LogP contribution in [0.3, 0.4) is 0 Å². The number of hydrogen-bond acceptors (Lipinski definition) is 4. The minimum Gasteiger partial charge on any atom is -0.496 e. The molecule has 4 heteroatoms. The molecule has 0 fully saturated rings. The largest absolute Gasteiger partial charge is 0.496 e.